The van der Waals surface area contributed by atoms with Crippen LogP contribution in [0.15, 0.2) is 11.5 Å². The summed E-state index contributed by atoms with van der Waals surface area (Å²) in [7, 11) is 0. The van der Waals surface area contributed by atoms with Crippen molar-refractivity contribution < 1.29 is 14.6 Å². The number of rotatable bonds is 4. The second kappa shape index (κ2) is 4.30. The monoisotopic (exact) mass is 184 g/mol. The van der Waals surface area contributed by atoms with Gasteiger partial charge in [0, 0.05) is 0 Å². The fraction of sp³-hybridized carbons (Fsp3) is 0.700. The first-order chi connectivity index (χ1) is 6.16. The third kappa shape index (κ3) is 2.23. The molecular weight excluding hydrogens is 168 g/mol. The molecule has 0 bridgehead atoms. The number of hydrogen-bond donors (Lipinski definition) is 1. The number of ketones is 1. The number of carbonyl (C=O) groups excluding carboxylic acids is 1. The van der Waals surface area contributed by atoms with Crippen molar-refractivity contribution in [2.75, 3.05) is 0 Å². The molecule has 1 N–H and O–H groups in total. The Morgan fingerprint density at radius 2 is 2.15 bits per heavy atom. The summed E-state index contributed by atoms with van der Waals surface area (Å²) in [5.41, 5.74) is 0. The minimum atomic E-state index is -0.424. The molecule has 0 saturated heterocycles. The van der Waals surface area contributed by atoms with E-state index in [0.29, 0.717) is 12.2 Å². The Kier molecular flexibility index (Phi) is 3.34. The number of Topliss-reactive ketones (excluding diaryl/α,β-unsaturated/α-hetero) is 1. The Morgan fingerprint density at radius 1 is 1.46 bits per heavy atom. The zero-order chi connectivity index (χ0) is 9.84. The normalized spacial score (nSPS) is 22.3. The van der Waals surface area contributed by atoms with Crippen LogP contribution < -0.4 is 0 Å². The van der Waals surface area contributed by atoms with E-state index in [1.165, 1.54) is 0 Å². The van der Waals surface area contributed by atoms with Crippen LogP contribution in [-0.2, 0) is 9.53 Å². The topological polar surface area (TPSA) is 46.5 Å². The van der Waals surface area contributed by atoms with Gasteiger partial charge in [0.15, 0.2) is 6.10 Å². The maximum Gasteiger partial charge on any atom is 0.240 e. The lowest BCUT2D eigenvalue weighted by molar-refractivity contribution is -0.123. The highest BCUT2D eigenvalue weighted by Crippen LogP contribution is 2.22. The summed E-state index contributed by atoms with van der Waals surface area (Å²) in [6, 6.07) is 0. The Morgan fingerprint density at radius 3 is 2.62 bits per heavy atom. The third-order valence-electron chi connectivity index (χ3n) is 2.25. The van der Waals surface area contributed by atoms with Gasteiger partial charge >= 0.3 is 0 Å². The van der Waals surface area contributed by atoms with Gasteiger partial charge in [-0.1, -0.05) is 19.8 Å². The van der Waals surface area contributed by atoms with E-state index in [2.05, 4.69) is 6.92 Å². The molecule has 1 heterocycles. The summed E-state index contributed by atoms with van der Waals surface area (Å²) in [4.78, 5) is 11.3. The lowest BCUT2D eigenvalue weighted by Gasteiger charge is -2.08. The smallest absolute Gasteiger partial charge is 0.240 e. The van der Waals surface area contributed by atoms with E-state index in [9.17, 15) is 9.90 Å². The van der Waals surface area contributed by atoms with Crippen molar-refractivity contribution in [3.05, 3.63) is 11.5 Å². The quantitative estimate of drug-likeness (QED) is 0.682. The molecule has 0 aromatic carbocycles. The maximum atomic E-state index is 11.3. The summed E-state index contributed by atoms with van der Waals surface area (Å²) in [5.74, 6) is -0.0819. The molecule has 0 radical (unpaired) electrons. The molecule has 1 rings (SSSR count). The molecule has 3 heteroatoms. The van der Waals surface area contributed by atoms with Crippen LogP contribution >= 0.6 is 0 Å². The first-order valence-electron chi connectivity index (χ1n) is 4.77. The highest BCUT2D eigenvalue weighted by Gasteiger charge is 2.32. The van der Waals surface area contributed by atoms with E-state index >= 15 is 0 Å². The molecule has 74 valence electrons. The summed E-state index contributed by atoms with van der Waals surface area (Å²) in [5, 5.41) is 9.20. The lowest BCUT2D eigenvalue weighted by atomic mass is 10.1. The molecule has 3 nitrogen and oxygen atoms in total. The highest BCUT2D eigenvalue weighted by molar-refractivity contribution is 5.98. The predicted octanol–water partition coefficient (Wildman–Crippen LogP) is 2.32. The standard InChI is InChI=1S/C10H16O3/c1-3-4-5-6-8-10(12)9(11)7(2)13-8/h8,11H,3-6H2,1-2H3. The number of aliphatic hydroxyl groups is 1. The molecule has 0 spiro atoms. The summed E-state index contributed by atoms with van der Waals surface area (Å²) >= 11 is 0. The molecule has 1 aliphatic heterocycles. The molecular formula is C10H16O3. The van der Waals surface area contributed by atoms with Gasteiger partial charge in [-0.05, 0) is 19.8 Å². The molecule has 1 aliphatic rings. The van der Waals surface area contributed by atoms with E-state index in [-0.39, 0.29) is 11.5 Å². The largest absolute Gasteiger partial charge is 0.502 e. The fourth-order valence-corrected chi connectivity index (χ4v) is 1.42. The van der Waals surface area contributed by atoms with Crippen LogP contribution in [0.5, 0.6) is 0 Å². The molecule has 1 unspecified atom stereocenters. The Bertz CT molecular complexity index is 230. The third-order valence-corrected chi connectivity index (χ3v) is 2.25. The van der Waals surface area contributed by atoms with Gasteiger partial charge in [0.25, 0.3) is 0 Å². The average Bonchev–Trinajstić information content (AvgIpc) is 2.34. The van der Waals surface area contributed by atoms with Gasteiger partial charge in [0.2, 0.25) is 11.5 Å². The van der Waals surface area contributed by atoms with Crippen molar-refractivity contribution in [2.45, 2.75) is 45.6 Å². The van der Waals surface area contributed by atoms with Gasteiger partial charge in [-0.15, -0.1) is 0 Å². The Labute approximate surface area is 78.4 Å². The summed E-state index contributed by atoms with van der Waals surface area (Å²) in [6.07, 6.45) is 3.50. The highest BCUT2D eigenvalue weighted by atomic mass is 16.5. The number of hydrogen-bond acceptors (Lipinski definition) is 3. The zero-order valence-corrected chi connectivity index (χ0v) is 8.17. The predicted molar refractivity (Wildman–Crippen MR) is 49.4 cm³/mol. The molecule has 0 amide bonds. The molecule has 0 saturated carbocycles. The maximum absolute atomic E-state index is 11.3. The lowest BCUT2D eigenvalue weighted by Crippen LogP contribution is -2.18. The van der Waals surface area contributed by atoms with Crippen molar-refractivity contribution in [1.82, 2.24) is 0 Å². The van der Waals surface area contributed by atoms with Gasteiger partial charge in [0.05, 0.1) is 0 Å². The molecule has 0 aromatic rings. The number of ether oxygens (including phenoxy) is 1. The van der Waals surface area contributed by atoms with Gasteiger partial charge in [-0.25, -0.2) is 0 Å². The van der Waals surface area contributed by atoms with Gasteiger partial charge in [-0.3, -0.25) is 4.79 Å². The average molecular weight is 184 g/mol. The summed E-state index contributed by atoms with van der Waals surface area (Å²) in [6.45, 7) is 3.73. The van der Waals surface area contributed by atoms with Crippen LogP contribution in [0.4, 0.5) is 0 Å². The summed E-state index contributed by atoms with van der Waals surface area (Å²) < 4.78 is 5.21. The molecule has 13 heavy (non-hydrogen) atoms. The van der Waals surface area contributed by atoms with Crippen molar-refractivity contribution in [3.63, 3.8) is 0 Å². The Balaban J connectivity index is 2.37. The van der Waals surface area contributed by atoms with Crippen molar-refractivity contribution in [3.8, 4) is 0 Å². The van der Waals surface area contributed by atoms with Crippen molar-refractivity contribution in [2.24, 2.45) is 0 Å². The molecule has 0 fully saturated rings. The van der Waals surface area contributed by atoms with Gasteiger partial charge in [-0.2, -0.15) is 0 Å². The van der Waals surface area contributed by atoms with Crippen LogP contribution in [-0.4, -0.2) is 17.0 Å². The number of unbranched alkanes of at least 4 members (excludes halogenated alkanes) is 2. The van der Waals surface area contributed by atoms with Gasteiger partial charge in [0.1, 0.15) is 5.76 Å². The van der Waals surface area contributed by atoms with E-state index in [1.807, 2.05) is 0 Å². The molecule has 1 atom stereocenters. The van der Waals surface area contributed by atoms with Crippen LogP contribution in [0.25, 0.3) is 0 Å². The number of aliphatic hydroxyl groups excluding tert-OH is 1. The zero-order valence-electron chi connectivity index (χ0n) is 8.17. The number of carbonyl (C=O) groups is 1. The molecule has 0 aliphatic carbocycles. The Hall–Kier alpha value is -0.990. The minimum absolute atomic E-state index is 0.193. The van der Waals surface area contributed by atoms with E-state index in [0.717, 1.165) is 19.3 Å². The first kappa shape index (κ1) is 10.1. The second-order valence-electron chi connectivity index (χ2n) is 3.37. The van der Waals surface area contributed by atoms with E-state index < -0.39 is 6.10 Å². The first-order valence-corrected chi connectivity index (χ1v) is 4.77. The van der Waals surface area contributed by atoms with Crippen molar-refractivity contribution >= 4 is 5.78 Å². The fourth-order valence-electron chi connectivity index (χ4n) is 1.42. The second-order valence-corrected chi connectivity index (χ2v) is 3.37. The van der Waals surface area contributed by atoms with Crippen molar-refractivity contribution in [1.29, 1.82) is 0 Å². The SMILES string of the molecule is CCCCCC1OC(C)=C(O)C1=O. The van der Waals surface area contributed by atoms with E-state index in [1.54, 1.807) is 6.92 Å². The van der Waals surface area contributed by atoms with Crippen LogP contribution in [0.3, 0.4) is 0 Å². The van der Waals surface area contributed by atoms with Crippen LogP contribution in [0.2, 0.25) is 0 Å². The number of allylic oxidation sites excluding steroid dienone is 1. The van der Waals surface area contributed by atoms with Gasteiger partial charge < -0.3 is 9.84 Å². The van der Waals surface area contributed by atoms with Crippen LogP contribution in [0, 0.1) is 0 Å². The minimum Gasteiger partial charge on any atom is -0.502 e. The van der Waals surface area contributed by atoms with E-state index in [4.69, 9.17) is 4.74 Å². The van der Waals surface area contributed by atoms with Crippen LogP contribution in [0.1, 0.15) is 39.5 Å². The molecule has 0 aromatic heterocycles.